The van der Waals surface area contributed by atoms with Gasteiger partial charge in [0.15, 0.2) is 0 Å². The summed E-state index contributed by atoms with van der Waals surface area (Å²) in [6, 6.07) is 12.3. The van der Waals surface area contributed by atoms with E-state index >= 15 is 0 Å². The van der Waals surface area contributed by atoms with Crippen LogP contribution in [0.15, 0.2) is 54.9 Å². The number of benzene rings is 1. The van der Waals surface area contributed by atoms with Crippen molar-refractivity contribution in [1.82, 2.24) is 4.98 Å². The monoisotopic (exact) mass is 215 g/mol. The van der Waals surface area contributed by atoms with Crippen LogP contribution >= 0.6 is 0 Å². The number of nitrogens with two attached hydrogens (primary N) is 2. The number of primary amides is 1. The highest BCUT2D eigenvalue weighted by molar-refractivity contribution is 5.92. The smallest absolute Gasteiger partial charge is 0.248 e. The average Bonchev–Trinajstić information content (AvgIpc) is 2.32. The maximum atomic E-state index is 10.4. The molecule has 1 aromatic heterocycles. The van der Waals surface area contributed by atoms with E-state index in [1.165, 1.54) is 0 Å². The van der Waals surface area contributed by atoms with E-state index in [0.717, 1.165) is 5.69 Å². The van der Waals surface area contributed by atoms with Gasteiger partial charge in [-0.2, -0.15) is 0 Å². The largest absolute Gasteiger partial charge is 0.399 e. The Bertz CT molecular complexity index is 429. The number of rotatable bonds is 1. The molecule has 0 radical (unpaired) electrons. The molecule has 82 valence electrons. The molecule has 1 amide bonds. The summed E-state index contributed by atoms with van der Waals surface area (Å²) in [4.78, 5) is 14.2. The lowest BCUT2D eigenvalue weighted by Gasteiger charge is -1.89. The number of pyridine rings is 1. The number of nitrogen functional groups attached to an aromatic ring is 1. The van der Waals surface area contributed by atoms with Gasteiger partial charge in [0, 0.05) is 23.6 Å². The van der Waals surface area contributed by atoms with Crippen LogP contribution in [-0.2, 0) is 0 Å². The van der Waals surface area contributed by atoms with Crippen LogP contribution in [0.3, 0.4) is 0 Å². The first kappa shape index (κ1) is 11.7. The molecule has 1 heterocycles. The molecule has 0 spiro atoms. The number of amides is 1. The van der Waals surface area contributed by atoms with E-state index < -0.39 is 0 Å². The Morgan fingerprint density at radius 2 is 1.56 bits per heavy atom. The summed E-state index contributed by atoms with van der Waals surface area (Å²) < 4.78 is 0. The highest BCUT2D eigenvalue weighted by Crippen LogP contribution is 1.94. The van der Waals surface area contributed by atoms with Crippen molar-refractivity contribution in [3.63, 3.8) is 0 Å². The van der Waals surface area contributed by atoms with Crippen LogP contribution in [0.1, 0.15) is 10.4 Å². The van der Waals surface area contributed by atoms with Crippen molar-refractivity contribution in [2.24, 2.45) is 5.73 Å². The van der Waals surface area contributed by atoms with E-state index in [1.807, 2.05) is 6.07 Å². The molecule has 0 aliphatic heterocycles. The van der Waals surface area contributed by atoms with Gasteiger partial charge in [0.05, 0.1) is 0 Å². The van der Waals surface area contributed by atoms with E-state index in [-0.39, 0.29) is 5.91 Å². The maximum absolute atomic E-state index is 10.4. The number of anilines is 1. The molecule has 4 nitrogen and oxygen atoms in total. The Labute approximate surface area is 93.9 Å². The quantitative estimate of drug-likeness (QED) is 0.755. The summed E-state index contributed by atoms with van der Waals surface area (Å²) in [6.45, 7) is 0. The molecule has 0 fully saturated rings. The van der Waals surface area contributed by atoms with Crippen LogP contribution in [-0.4, -0.2) is 10.9 Å². The van der Waals surface area contributed by atoms with Crippen molar-refractivity contribution in [2.45, 2.75) is 0 Å². The number of nitrogens with zero attached hydrogens (tertiary/aromatic N) is 1. The minimum Gasteiger partial charge on any atom is -0.399 e. The number of carbonyl (C=O) groups is 1. The molecule has 0 atom stereocenters. The van der Waals surface area contributed by atoms with Crippen LogP contribution in [0.4, 0.5) is 5.69 Å². The normalized spacial score (nSPS) is 8.75. The third-order valence-corrected chi connectivity index (χ3v) is 1.76. The van der Waals surface area contributed by atoms with Gasteiger partial charge in [-0.1, -0.05) is 18.2 Å². The fraction of sp³-hybridized carbons (Fsp3) is 0. The van der Waals surface area contributed by atoms with Gasteiger partial charge < -0.3 is 11.5 Å². The zero-order valence-electron chi connectivity index (χ0n) is 8.71. The van der Waals surface area contributed by atoms with Crippen molar-refractivity contribution >= 4 is 11.6 Å². The van der Waals surface area contributed by atoms with E-state index in [4.69, 9.17) is 11.5 Å². The van der Waals surface area contributed by atoms with Crippen molar-refractivity contribution in [3.05, 3.63) is 60.4 Å². The predicted molar refractivity (Wildman–Crippen MR) is 63.6 cm³/mol. The Hall–Kier alpha value is -2.36. The summed E-state index contributed by atoms with van der Waals surface area (Å²) >= 11 is 0. The number of hydrogen-bond donors (Lipinski definition) is 2. The van der Waals surface area contributed by atoms with Crippen LogP contribution in [0.2, 0.25) is 0 Å². The second-order valence-electron chi connectivity index (χ2n) is 3.01. The number of aromatic nitrogens is 1. The van der Waals surface area contributed by atoms with Crippen LogP contribution in [0, 0.1) is 0 Å². The third kappa shape index (κ3) is 4.23. The summed E-state index contributed by atoms with van der Waals surface area (Å²) in [5.41, 5.74) is 11.6. The van der Waals surface area contributed by atoms with E-state index in [0.29, 0.717) is 5.56 Å². The highest BCUT2D eigenvalue weighted by atomic mass is 16.1. The molecule has 0 bridgehead atoms. The zero-order valence-corrected chi connectivity index (χ0v) is 8.71. The van der Waals surface area contributed by atoms with Crippen LogP contribution in [0.5, 0.6) is 0 Å². The molecular weight excluding hydrogens is 202 g/mol. The van der Waals surface area contributed by atoms with E-state index in [9.17, 15) is 4.79 Å². The molecule has 16 heavy (non-hydrogen) atoms. The second-order valence-corrected chi connectivity index (χ2v) is 3.01. The molecule has 0 unspecified atom stereocenters. The van der Waals surface area contributed by atoms with Crippen molar-refractivity contribution in [2.75, 3.05) is 5.73 Å². The molecule has 2 aromatic rings. The van der Waals surface area contributed by atoms with Gasteiger partial charge >= 0.3 is 0 Å². The molecule has 4 heteroatoms. The van der Waals surface area contributed by atoms with E-state index in [1.54, 1.807) is 48.8 Å². The van der Waals surface area contributed by atoms with Gasteiger partial charge in [-0.15, -0.1) is 0 Å². The summed E-state index contributed by atoms with van der Waals surface area (Å²) in [6.07, 6.45) is 3.32. The number of carbonyl (C=O) groups excluding carboxylic acids is 1. The minimum atomic E-state index is -0.379. The Morgan fingerprint density at radius 3 is 1.88 bits per heavy atom. The van der Waals surface area contributed by atoms with E-state index in [2.05, 4.69) is 4.98 Å². The van der Waals surface area contributed by atoms with Crippen LogP contribution < -0.4 is 11.5 Å². The fourth-order valence-electron chi connectivity index (χ4n) is 0.966. The standard InChI is InChI=1S/C7H7NO.C5H6N2/c8-7(9)6-4-2-1-3-5-6;6-5-1-3-7-4-2-5/h1-5H,(H2,8,9);1-4H,(H2,6,7). The van der Waals surface area contributed by atoms with Gasteiger partial charge in [-0.3, -0.25) is 9.78 Å². The molecular formula is C12H13N3O. The summed E-state index contributed by atoms with van der Waals surface area (Å²) in [5, 5.41) is 0. The molecule has 0 aliphatic carbocycles. The second kappa shape index (κ2) is 6.19. The Morgan fingerprint density at radius 1 is 1.00 bits per heavy atom. The maximum Gasteiger partial charge on any atom is 0.248 e. The molecule has 1 aromatic carbocycles. The first-order valence-electron chi connectivity index (χ1n) is 4.70. The van der Waals surface area contributed by atoms with Gasteiger partial charge in [0.2, 0.25) is 5.91 Å². The lowest BCUT2D eigenvalue weighted by Crippen LogP contribution is -2.09. The SMILES string of the molecule is NC(=O)c1ccccc1.Nc1ccncc1. The van der Waals surface area contributed by atoms with Crippen molar-refractivity contribution < 1.29 is 4.79 Å². The highest BCUT2D eigenvalue weighted by Gasteiger charge is 1.93. The molecule has 0 aliphatic rings. The molecule has 0 saturated heterocycles. The Kier molecular flexibility index (Phi) is 4.53. The average molecular weight is 215 g/mol. The first-order valence-corrected chi connectivity index (χ1v) is 4.70. The minimum absolute atomic E-state index is 0.379. The lowest BCUT2D eigenvalue weighted by molar-refractivity contribution is 0.100. The lowest BCUT2D eigenvalue weighted by atomic mass is 10.2. The Balaban J connectivity index is 0.000000165. The van der Waals surface area contributed by atoms with Gasteiger partial charge in [0.1, 0.15) is 0 Å². The third-order valence-electron chi connectivity index (χ3n) is 1.76. The number of hydrogen-bond acceptors (Lipinski definition) is 3. The molecule has 4 N–H and O–H groups in total. The van der Waals surface area contributed by atoms with Crippen molar-refractivity contribution in [3.8, 4) is 0 Å². The van der Waals surface area contributed by atoms with Crippen LogP contribution in [0.25, 0.3) is 0 Å². The molecule has 0 saturated carbocycles. The topological polar surface area (TPSA) is 82.0 Å². The van der Waals surface area contributed by atoms with Gasteiger partial charge in [0.25, 0.3) is 0 Å². The fourth-order valence-corrected chi connectivity index (χ4v) is 0.966. The predicted octanol–water partition coefficient (Wildman–Crippen LogP) is 1.45. The molecule has 2 rings (SSSR count). The summed E-state index contributed by atoms with van der Waals surface area (Å²) in [5.74, 6) is -0.379. The van der Waals surface area contributed by atoms with Crippen molar-refractivity contribution in [1.29, 1.82) is 0 Å². The summed E-state index contributed by atoms with van der Waals surface area (Å²) in [7, 11) is 0. The zero-order chi connectivity index (χ0) is 11.8. The first-order chi connectivity index (χ1) is 7.70. The van der Waals surface area contributed by atoms with Gasteiger partial charge in [-0.05, 0) is 24.3 Å². The van der Waals surface area contributed by atoms with Gasteiger partial charge in [-0.25, -0.2) is 0 Å².